The van der Waals surface area contributed by atoms with Gasteiger partial charge in [0.25, 0.3) is 0 Å². The van der Waals surface area contributed by atoms with Crippen LogP contribution >= 0.6 is 11.8 Å². The zero-order chi connectivity index (χ0) is 9.90. The average Bonchev–Trinajstić information content (AvgIpc) is 2.04. The van der Waals surface area contributed by atoms with Crippen LogP contribution in [0.2, 0.25) is 0 Å². The standard InChI is InChI=1S/C8H17NO2S2/c1-12-6-8(9)7-2-4-13(10,11)5-3-7/h7-8H,2-6,9H2,1H3. The molecule has 1 fully saturated rings. The molecule has 0 aliphatic carbocycles. The lowest BCUT2D eigenvalue weighted by atomic mass is 9.96. The van der Waals surface area contributed by atoms with E-state index in [9.17, 15) is 8.42 Å². The van der Waals surface area contributed by atoms with Crippen LogP contribution in [0.1, 0.15) is 12.8 Å². The summed E-state index contributed by atoms with van der Waals surface area (Å²) in [6.45, 7) is 0. The Hall–Kier alpha value is 0.260. The summed E-state index contributed by atoms with van der Waals surface area (Å²) in [5.74, 6) is 2.01. The molecule has 78 valence electrons. The van der Waals surface area contributed by atoms with Gasteiger partial charge in [-0.2, -0.15) is 11.8 Å². The van der Waals surface area contributed by atoms with E-state index in [2.05, 4.69) is 0 Å². The van der Waals surface area contributed by atoms with Crippen molar-refractivity contribution in [1.29, 1.82) is 0 Å². The fourth-order valence-electron chi connectivity index (χ4n) is 1.66. The molecule has 0 radical (unpaired) electrons. The van der Waals surface area contributed by atoms with E-state index in [-0.39, 0.29) is 6.04 Å². The number of rotatable bonds is 3. The predicted molar refractivity (Wildman–Crippen MR) is 57.7 cm³/mol. The normalized spacial score (nSPS) is 25.7. The van der Waals surface area contributed by atoms with Gasteiger partial charge in [-0.05, 0) is 25.0 Å². The number of thioether (sulfide) groups is 1. The lowest BCUT2D eigenvalue weighted by Crippen LogP contribution is -2.38. The van der Waals surface area contributed by atoms with Crippen LogP contribution in [0, 0.1) is 5.92 Å². The molecule has 1 aliphatic rings. The maximum atomic E-state index is 11.1. The van der Waals surface area contributed by atoms with Crippen molar-refractivity contribution in [3.8, 4) is 0 Å². The van der Waals surface area contributed by atoms with Crippen LogP contribution in [0.15, 0.2) is 0 Å². The van der Waals surface area contributed by atoms with E-state index in [0.29, 0.717) is 17.4 Å². The van der Waals surface area contributed by atoms with Gasteiger partial charge in [0, 0.05) is 11.8 Å². The molecule has 1 aliphatic heterocycles. The van der Waals surface area contributed by atoms with Crippen molar-refractivity contribution in [1.82, 2.24) is 0 Å². The van der Waals surface area contributed by atoms with Crippen LogP contribution < -0.4 is 5.73 Å². The lowest BCUT2D eigenvalue weighted by molar-refractivity contribution is 0.407. The van der Waals surface area contributed by atoms with Gasteiger partial charge in [0.05, 0.1) is 11.5 Å². The third-order valence-electron chi connectivity index (χ3n) is 2.56. The van der Waals surface area contributed by atoms with Crippen molar-refractivity contribution in [2.75, 3.05) is 23.5 Å². The third kappa shape index (κ3) is 3.48. The number of hydrogen-bond donors (Lipinski definition) is 1. The van der Waals surface area contributed by atoms with Crippen molar-refractivity contribution in [3.63, 3.8) is 0 Å². The second kappa shape index (κ2) is 4.66. The van der Waals surface area contributed by atoms with Gasteiger partial charge in [0.2, 0.25) is 0 Å². The summed E-state index contributed by atoms with van der Waals surface area (Å²) in [6.07, 6.45) is 3.54. The molecule has 1 rings (SSSR count). The van der Waals surface area contributed by atoms with Gasteiger partial charge in [0.15, 0.2) is 0 Å². The van der Waals surface area contributed by atoms with E-state index in [1.165, 1.54) is 0 Å². The molecule has 13 heavy (non-hydrogen) atoms. The molecule has 1 saturated heterocycles. The Morgan fingerprint density at radius 1 is 1.46 bits per heavy atom. The Morgan fingerprint density at radius 3 is 2.46 bits per heavy atom. The zero-order valence-electron chi connectivity index (χ0n) is 7.90. The highest BCUT2D eigenvalue weighted by Gasteiger charge is 2.27. The summed E-state index contributed by atoms with van der Waals surface area (Å²) >= 11 is 1.73. The van der Waals surface area contributed by atoms with Gasteiger partial charge < -0.3 is 5.73 Å². The van der Waals surface area contributed by atoms with Gasteiger partial charge in [-0.15, -0.1) is 0 Å². The highest BCUT2D eigenvalue weighted by atomic mass is 32.2. The molecule has 0 aromatic heterocycles. The molecule has 3 nitrogen and oxygen atoms in total. The van der Waals surface area contributed by atoms with E-state index < -0.39 is 9.84 Å². The molecular formula is C8H17NO2S2. The predicted octanol–water partition coefficient (Wildman–Crippen LogP) is 0.502. The summed E-state index contributed by atoms with van der Waals surface area (Å²) < 4.78 is 22.3. The van der Waals surface area contributed by atoms with Crippen LogP contribution in [0.5, 0.6) is 0 Å². The largest absolute Gasteiger partial charge is 0.327 e. The molecule has 0 amide bonds. The summed E-state index contributed by atoms with van der Waals surface area (Å²) in [5, 5.41) is 0. The van der Waals surface area contributed by atoms with Crippen LogP contribution in [0.4, 0.5) is 0 Å². The smallest absolute Gasteiger partial charge is 0.150 e. The van der Waals surface area contributed by atoms with Gasteiger partial charge in [-0.3, -0.25) is 0 Å². The molecule has 0 aromatic carbocycles. The Kier molecular flexibility index (Phi) is 4.06. The second-order valence-electron chi connectivity index (χ2n) is 3.61. The first-order valence-corrected chi connectivity index (χ1v) is 7.71. The van der Waals surface area contributed by atoms with Crippen LogP contribution in [-0.2, 0) is 9.84 Å². The minimum absolute atomic E-state index is 0.172. The van der Waals surface area contributed by atoms with E-state index >= 15 is 0 Å². The maximum absolute atomic E-state index is 11.1. The molecule has 1 unspecified atom stereocenters. The highest BCUT2D eigenvalue weighted by Crippen LogP contribution is 2.22. The molecular weight excluding hydrogens is 206 g/mol. The second-order valence-corrected chi connectivity index (χ2v) is 6.82. The zero-order valence-corrected chi connectivity index (χ0v) is 9.53. The van der Waals surface area contributed by atoms with E-state index in [1.54, 1.807) is 11.8 Å². The quantitative estimate of drug-likeness (QED) is 0.757. The first-order valence-electron chi connectivity index (χ1n) is 4.50. The highest BCUT2D eigenvalue weighted by molar-refractivity contribution is 7.98. The number of hydrogen-bond acceptors (Lipinski definition) is 4. The summed E-state index contributed by atoms with van der Waals surface area (Å²) in [7, 11) is -2.73. The maximum Gasteiger partial charge on any atom is 0.150 e. The molecule has 0 spiro atoms. The van der Waals surface area contributed by atoms with Gasteiger partial charge in [-0.25, -0.2) is 8.42 Å². The van der Waals surface area contributed by atoms with Crippen molar-refractivity contribution in [2.24, 2.45) is 11.7 Å². The SMILES string of the molecule is CSCC(N)C1CCS(=O)(=O)CC1. The van der Waals surface area contributed by atoms with Crippen LogP contribution in [-0.4, -0.2) is 38.0 Å². The summed E-state index contributed by atoms with van der Waals surface area (Å²) in [4.78, 5) is 0. The molecule has 1 heterocycles. The van der Waals surface area contributed by atoms with E-state index in [1.807, 2.05) is 6.26 Å². The fraction of sp³-hybridized carbons (Fsp3) is 1.00. The Bertz CT molecular complexity index is 237. The third-order valence-corrected chi connectivity index (χ3v) is 5.00. The molecule has 0 bridgehead atoms. The van der Waals surface area contributed by atoms with Gasteiger partial charge in [0.1, 0.15) is 9.84 Å². The first kappa shape index (κ1) is 11.3. The topological polar surface area (TPSA) is 60.2 Å². The summed E-state index contributed by atoms with van der Waals surface area (Å²) in [6, 6.07) is 0.172. The van der Waals surface area contributed by atoms with E-state index in [0.717, 1.165) is 18.6 Å². The van der Waals surface area contributed by atoms with Crippen molar-refractivity contribution < 1.29 is 8.42 Å². The number of sulfone groups is 1. The van der Waals surface area contributed by atoms with Gasteiger partial charge in [-0.1, -0.05) is 0 Å². The molecule has 1 atom stereocenters. The van der Waals surface area contributed by atoms with Crippen molar-refractivity contribution in [3.05, 3.63) is 0 Å². The van der Waals surface area contributed by atoms with Gasteiger partial charge >= 0.3 is 0 Å². The summed E-state index contributed by atoms with van der Waals surface area (Å²) in [5.41, 5.74) is 5.93. The van der Waals surface area contributed by atoms with Crippen LogP contribution in [0.3, 0.4) is 0 Å². The Labute approximate surface area is 84.4 Å². The molecule has 2 N–H and O–H groups in total. The molecule has 0 aromatic rings. The van der Waals surface area contributed by atoms with Crippen molar-refractivity contribution in [2.45, 2.75) is 18.9 Å². The fourth-order valence-corrected chi connectivity index (χ4v) is 3.85. The first-order chi connectivity index (χ1) is 6.05. The van der Waals surface area contributed by atoms with Crippen molar-refractivity contribution >= 4 is 21.6 Å². The Balaban J connectivity index is 2.40. The molecule has 0 saturated carbocycles. The lowest BCUT2D eigenvalue weighted by Gasteiger charge is -2.26. The average molecular weight is 223 g/mol. The molecule has 5 heteroatoms. The number of nitrogens with two attached hydrogens (primary N) is 1. The van der Waals surface area contributed by atoms with E-state index in [4.69, 9.17) is 5.73 Å². The Morgan fingerprint density at radius 2 is 2.00 bits per heavy atom. The minimum Gasteiger partial charge on any atom is -0.327 e. The minimum atomic E-state index is -2.73. The van der Waals surface area contributed by atoms with Crippen LogP contribution in [0.25, 0.3) is 0 Å². The monoisotopic (exact) mass is 223 g/mol.